The van der Waals surface area contributed by atoms with Crippen molar-refractivity contribution < 1.29 is 14.6 Å². The maximum atomic E-state index is 12.0. The van der Waals surface area contributed by atoms with E-state index in [-0.39, 0.29) is 18.1 Å². The molecule has 1 N–H and O–H groups in total. The van der Waals surface area contributed by atoms with E-state index in [9.17, 15) is 9.90 Å². The van der Waals surface area contributed by atoms with Gasteiger partial charge in [0.05, 0.1) is 12.1 Å². The summed E-state index contributed by atoms with van der Waals surface area (Å²) in [6.07, 6.45) is 4.21. The number of hydrogen-bond donors (Lipinski definition) is 1. The summed E-state index contributed by atoms with van der Waals surface area (Å²) in [5, 5.41) is 9.39. The number of aromatic hydroxyl groups is 1. The van der Waals surface area contributed by atoms with Crippen molar-refractivity contribution in [3.05, 3.63) is 24.3 Å². The van der Waals surface area contributed by atoms with Crippen LogP contribution in [-0.4, -0.2) is 53.8 Å². The quantitative estimate of drug-likeness (QED) is 0.904. The highest BCUT2D eigenvalue weighted by Crippen LogP contribution is 2.37. The molecule has 0 radical (unpaired) electrons. The Balaban J connectivity index is 1.42. The minimum atomic E-state index is -0.149. The number of ether oxygens (including phenoxy) is 1. The Morgan fingerprint density at radius 2 is 1.82 bits per heavy atom. The fourth-order valence-corrected chi connectivity index (χ4v) is 3.60. The normalized spacial score (nSPS) is 24.8. The van der Waals surface area contributed by atoms with Crippen LogP contribution < -0.4 is 4.90 Å². The lowest BCUT2D eigenvalue weighted by molar-refractivity contribution is -0.168. The Labute approximate surface area is 130 Å². The number of nitrogens with zero attached hydrogens (tertiary/aromatic N) is 2. The summed E-state index contributed by atoms with van der Waals surface area (Å²) >= 11 is 0. The van der Waals surface area contributed by atoms with Crippen LogP contribution in [0.2, 0.25) is 0 Å². The van der Waals surface area contributed by atoms with Gasteiger partial charge in [0.25, 0.3) is 0 Å². The molecule has 0 atom stereocenters. The van der Waals surface area contributed by atoms with Gasteiger partial charge in [0, 0.05) is 24.8 Å². The van der Waals surface area contributed by atoms with Crippen LogP contribution in [0.15, 0.2) is 24.3 Å². The van der Waals surface area contributed by atoms with Crippen LogP contribution in [0.3, 0.4) is 0 Å². The molecule has 1 aliphatic carbocycles. The monoisotopic (exact) mass is 302 g/mol. The van der Waals surface area contributed by atoms with Gasteiger partial charge in [-0.1, -0.05) is 0 Å². The summed E-state index contributed by atoms with van der Waals surface area (Å²) < 4.78 is 5.97. The maximum Gasteiger partial charge on any atom is 0.248 e. The number of phenols is 1. The van der Waals surface area contributed by atoms with Gasteiger partial charge in [0.15, 0.2) is 0 Å². The van der Waals surface area contributed by atoms with Gasteiger partial charge >= 0.3 is 0 Å². The lowest BCUT2D eigenvalue weighted by Gasteiger charge is -2.47. The molecule has 0 bridgehead atoms. The number of piperidine rings is 1. The van der Waals surface area contributed by atoms with Gasteiger partial charge in [-0.05, 0) is 49.9 Å². The molecule has 22 heavy (non-hydrogen) atoms. The lowest BCUT2D eigenvalue weighted by Crippen LogP contribution is -2.59. The molecule has 5 nitrogen and oxygen atoms in total. The van der Waals surface area contributed by atoms with E-state index in [1.165, 1.54) is 0 Å². The van der Waals surface area contributed by atoms with Gasteiger partial charge < -0.3 is 19.6 Å². The number of amides is 1. The molecule has 0 aromatic heterocycles. The standard InChI is InChI=1S/C17H22N2O3/c20-15-5-3-13(4-6-15)18-9-7-17(8-10-18)12-19(14-1-2-14)16(21)11-22-17/h3-6,14,20H,1-2,7-12H2. The Morgan fingerprint density at radius 1 is 1.14 bits per heavy atom. The molecule has 1 aromatic carbocycles. The summed E-state index contributed by atoms with van der Waals surface area (Å²) in [7, 11) is 0. The Bertz CT molecular complexity index is 560. The molecular formula is C17H22N2O3. The molecule has 3 aliphatic rings. The Hall–Kier alpha value is -1.75. The third-order valence-electron chi connectivity index (χ3n) is 5.16. The second-order valence-corrected chi connectivity index (χ2v) is 6.73. The van der Waals surface area contributed by atoms with Crippen LogP contribution >= 0.6 is 0 Å². The first-order valence-corrected chi connectivity index (χ1v) is 8.13. The van der Waals surface area contributed by atoms with Crippen LogP contribution in [-0.2, 0) is 9.53 Å². The topological polar surface area (TPSA) is 53.0 Å². The average Bonchev–Trinajstić information content (AvgIpc) is 3.37. The van der Waals surface area contributed by atoms with Crippen molar-refractivity contribution in [1.29, 1.82) is 0 Å². The zero-order valence-corrected chi connectivity index (χ0v) is 12.7. The first-order valence-electron chi connectivity index (χ1n) is 8.13. The van der Waals surface area contributed by atoms with Crippen molar-refractivity contribution in [3.63, 3.8) is 0 Å². The van der Waals surface area contributed by atoms with Gasteiger partial charge in [0.1, 0.15) is 12.4 Å². The third-order valence-corrected chi connectivity index (χ3v) is 5.16. The number of carbonyl (C=O) groups is 1. The first kappa shape index (κ1) is 13.9. The van der Waals surface area contributed by atoms with Crippen molar-refractivity contribution in [2.45, 2.75) is 37.3 Å². The van der Waals surface area contributed by atoms with E-state index < -0.39 is 0 Å². The van der Waals surface area contributed by atoms with Crippen LogP contribution in [0.4, 0.5) is 5.69 Å². The van der Waals surface area contributed by atoms with Crippen molar-refractivity contribution in [2.24, 2.45) is 0 Å². The Kier molecular flexibility index (Phi) is 3.26. The molecule has 5 heteroatoms. The van der Waals surface area contributed by atoms with Crippen LogP contribution in [0.5, 0.6) is 5.75 Å². The molecule has 3 fully saturated rings. The van der Waals surface area contributed by atoms with Gasteiger partial charge in [-0.15, -0.1) is 0 Å². The molecule has 2 saturated heterocycles. The fourth-order valence-electron chi connectivity index (χ4n) is 3.60. The summed E-state index contributed by atoms with van der Waals surface area (Å²) in [5.41, 5.74) is 0.989. The van der Waals surface area contributed by atoms with E-state index in [1.807, 2.05) is 12.1 Å². The average molecular weight is 302 g/mol. The van der Waals surface area contributed by atoms with Gasteiger partial charge in [-0.2, -0.15) is 0 Å². The molecule has 118 valence electrons. The van der Waals surface area contributed by atoms with Gasteiger partial charge in [0.2, 0.25) is 5.91 Å². The van der Waals surface area contributed by atoms with Crippen molar-refractivity contribution in [1.82, 2.24) is 4.90 Å². The highest BCUT2D eigenvalue weighted by atomic mass is 16.5. The lowest BCUT2D eigenvalue weighted by atomic mass is 9.89. The summed E-state index contributed by atoms with van der Waals surface area (Å²) in [6, 6.07) is 7.84. The zero-order chi connectivity index (χ0) is 15.2. The highest BCUT2D eigenvalue weighted by molar-refractivity contribution is 5.79. The van der Waals surface area contributed by atoms with Gasteiger partial charge in [-0.3, -0.25) is 4.79 Å². The Morgan fingerprint density at radius 3 is 2.45 bits per heavy atom. The molecule has 1 amide bonds. The van der Waals surface area contributed by atoms with Crippen LogP contribution in [0.25, 0.3) is 0 Å². The summed E-state index contributed by atoms with van der Waals surface area (Å²) in [4.78, 5) is 16.4. The van der Waals surface area contributed by atoms with Crippen LogP contribution in [0, 0.1) is 0 Å². The maximum absolute atomic E-state index is 12.0. The molecule has 2 aliphatic heterocycles. The second kappa shape index (κ2) is 5.16. The molecule has 1 aromatic rings. The number of anilines is 1. The molecule has 4 rings (SSSR count). The van der Waals surface area contributed by atoms with Crippen molar-refractivity contribution >= 4 is 11.6 Å². The minimum Gasteiger partial charge on any atom is -0.508 e. The molecule has 1 saturated carbocycles. The van der Waals surface area contributed by atoms with E-state index >= 15 is 0 Å². The SMILES string of the molecule is O=C1COC2(CCN(c3ccc(O)cc3)CC2)CN1C1CC1. The van der Waals surface area contributed by atoms with Gasteiger partial charge in [-0.25, -0.2) is 0 Å². The first-order chi connectivity index (χ1) is 10.7. The van der Waals surface area contributed by atoms with E-state index in [4.69, 9.17) is 4.74 Å². The van der Waals surface area contributed by atoms with Crippen molar-refractivity contribution in [3.8, 4) is 5.75 Å². The van der Waals surface area contributed by atoms with E-state index in [0.717, 1.165) is 51.0 Å². The summed E-state index contributed by atoms with van der Waals surface area (Å²) in [6.45, 7) is 2.87. The fraction of sp³-hybridized carbons (Fsp3) is 0.588. The molecule has 1 spiro atoms. The predicted octanol–water partition coefficient (Wildman–Crippen LogP) is 1.75. The molecule has 2 heterocycles. The molecular weight excluding hydrogens is 280 g/mol. The number of hydrogen-bond acceptors (Lipinski definition) is 4. The number of phenolic OH excluding ortho intramolecular Hbond substituents is 1. The second-order valence-electron chi connectivity index (χ2n) is 6.73. The van der Waals surface area contributed by atoms with Crippen molar-refractivity contribution in [2.75, 3.05) is 31.1 Å². The number of morpholine rings is 1. The van der Waals surface area contributed by atoms with Crippen LogP contribution in [0.1, 0.15) is 25.7 Å². The van der Waals surface area contributed by atoms with E-state index in [2.05, 4.69) is 9.80 Å². The predicted molar refractivity (Wildman–Crippen MR) is 83.0 cm³/mol. The van der Waals surface area contributed by atoms with E-state index in [0.29, 0.717) is 11.8 Å². The van der Waals surface area contributed by atoms with E-state index in [1.54, 1.807) is 12.1 Å². The summed E-state index contributed by atoms with van der Waals surface area (Å²) in [5.74, 6) is 0.459. The number of carbonyl (C=O) groups excluding carboxylic acids is 1. The minimum absolute atomic E-state index is 0.149. The largest absolute Gasteiger partial charge is 0.508 e. The smallest absolute Gasteiger partial charge is 0.248 e. The zero-order valence-electron chi connectivity index (χ0n) is 12.7. The number of benzene rings is 1. The molecule has 0 unspecified atom stereocenters. The highest BCUT2D eigenvalue weighted by Gasteiger charge is 2.46. The third kappa shape index (κ3) is 2.54. The number of rotatable bonds is 2.